The molecule has 22 heavy (non-hydrogen) atoms. The van der Waals surface area contributed by atoms with Gasteiger partial charge in [0.05, 0.1) is 5.92 Å². The van der Waals surface area contributed by atoms with Crippen LogP contribution in [0.3, 0.4) is 0 Å². The average Bonchev–Trinajstić information content (AvgIpc) is 2.36. The Bertz CT molecular complexity index is 495. The maximum atomic E-state index is 12.8. The molecule has 0 bridgehead atoms. The maximum Gasteiger partial charge on any atom is 0.311 e. The molecular formula is C18H28O4. The summed E-state index contributed by atoms with van der Waals surface area (Å²) in [7, 11) is 0. The Morgan fingerprint density at radius 3 is 2.50 bits per heavy atom. The number of rotatable bonds is 4. The van der Waals surface area contributed by atoms with Gasteiger partial charge in [-0.3, -0.25) is 9.59 Å². The van der Waals surface area contributed by atoms with Gasteiger partial charge in [0, 0.05) is 18.4 Å². The van der Waals surface area contributed by atoms with Crippen molar-refractivity contribution in [2.45, 2.75) is 47.0 Å². The summed E-state index contributed by atoms with van der Waals surface area (Å²) in [6, 6.07) is 0. The lowest BCUT2D eigenvalue weighted by molar-refractivity contribution is -0.158. The number of fused-ring (bicyclic) bond motifs is 1. The number of ketones is 1. The summed E-state index contributed by atoms with van der Waals surface area (Å²) in [5.41, 5.74) is -0.124. The molecule has 2 N–H and O–H groups in total. The summed E-state index contributed by atoms with van der Waals surface area (Å²) >= 11 is 0. The molecule has 0 aromatic carbocycles. The second-order valence-corrected chi connectivity index (χ2v) is 7.60. The van der Waals surface area contributed by atoms with Crippen LogP contribution < -0.4 is 0 Å². The molecule has 0 heterocycles. The highest BCUT2D eigenvalue weighted by atomic mass is 16.4. The van der Waals surface area contributed by atoms with E-state index in [2.05, 4.69) is 19.9 Å². The predicted octanol–water partition coefficient (Wildman–Crippen LogP) is 2.90. The number of carboxylic acid groups (broad SMARTS) is 1. The summed E-state index contributed by atoms with van der Waals surface area (Å²) in [5, 5.41) is 18.9. The normalized spacial score (nSPS) is 41.5. The van der Waals surface area contributed by atoms with Crippen LogP contribution in [0.15, 0.2) is 11.6 Å². The Morgan fingerprint density at radius 2 is 1.95 bits per heavy atom. The number of Topliss-reactive ketones (excluding diaryl/α,β-unsaturated/α-hetero) is 1. The maximum absolute atomic E-state index is 12.8. The van der Waals surface area contributed by atoms with Gasteiger partial charge in [-0.1, -0.05) is 32.4 Å². The fraction of sp³-hybridized carbons (Fsp3) is 0.778. The van der Waals surface area contributed by atoms with E-state index in [9.17, 15) is 19.8 Å². The van der Waals surface area contributed by atoms with E-state index in [4.69, 9.17) is 0 Å². The predicted molar refractivity (Wildman–Crippen MR) is 84.2 cm³/mol. The summed E-state index contributed by atoms with van der Waals surface area (Å²) < 4.78 is 0. The molecule has 4 heteroatoms. The molecule has 6 atom stereocenters. The van der Waals surface area contributed by atoms with Crippen LogP contribution in [0.25, 0.3) is 0 Å². The second-order valence-electron chi connectivity index (χ2n) is 7.60. The summed E-state index contributed by atoms with van der Waals surface area (Å²) in [5.74, 6) is -0.581. The molecule has 2 aliphatic carbocycles. The summed E-state index contributed by atoms with van der Waals surface area (Å²) in [6.45, 7) is 7.82. The number of aliphatic hydroxyl groups excluding tert-OH is 1. The Labute approximate surface area is 132 Å². The van der Waals surface area contributed by atoms with Gasteiger partial charge in [-0.05, 0) is 43.4 Å². The number of carbonyl (C=O) groups excluding carboxylic acids is 1. The highest BCUT2D eigenvalue weighted by molar-refractivity contribution is 5.92. The van der Waals surface area contributed by atoms with Crippen molar-refractivity contribution in [1.29, 1.82) is 0 Å². The first-order valence-electron chi connectivity index (χ1n) is 8.28. The number of aliphatic carboxylic acids is 1. The largest absolute Gasteiger partial charge is 0.481 e. The van der Waals surface area contributed by atoms with Crippen molar-refractivity contribution in [2.75, 3.05) is 6.61 Å². The minimum absolute atomic E-state index is 0.0407. The SMILES string of the molecule is CC1=C[C@@H]2C[C@H](C)C[C@@H](C)[C@@H]2[C@](C)(C(=O)CCO)[C@@H]1C(=O)O. The van der Waals surface area contributed by atoms with Crippen molar-refractivity contribution in [3.63, 3.8) is 0 Å². The third-order valence-electron chi connectivity index (χ3n) is 5.93. The third-order valence-corrected chi connectivity index (χ3v) is 5.93. The van der Waals surface area contributed by atoms with Crippen LogP contribution in [-0.4, -0.2) is 28.6 Å². The lowest BCUT2D eigenvalue weighted by Crippen LogP contribution is -2.54. The minimum Gasteiger partial charge on any atom is -0.481 e. The van der Waals surface area contributed by atoms with Crippen molar-refractivity contribution in [3.8, 4) is 0 Å². The van der Waals surface area contributed by atoms with Crippen molar-refractivity contribution in [2.24, 2.45) is 35.0 Å². The molecule has 124 valence electrons. The van der Waals surface area contributed by atoms with Crippen LogP contribution in [0.2, 0.25) is 0 Å². The van der Waals surface area contributed by atoms with Gasteiger partial charge in [-0.2, -0.15) is 0 Å². The van der Waals surface area contributed by atoms with E-state index < -0.39 is 17.3 Å². The van der Waals surface area contributed by atoms with Gasteiger partial charge in [0.1, 0.15) is 5.78 Å². The number of hydrogen-bond donors (Lipinski definition) is 2. The quantitative estimate of drug-likeness (QED) is 0.783. The fourth-order valence-electron chi connectivity index (χ4n) is 5.39. The van der Waals surface area contributed by atoms with Crippen LogP contribution >= 0.6 is 0 Å². The van der Waals surface area contributed by atoms with E-state index in [-0.39, 0.29) is 30.6 Å². The number of carboxylic acids is 1. The van der Waals surface area contributed by atoms with Gasteiger partial charge in [-0.25, -0.2) is 0 Å². The van der Waals surface area contributed by atoms with Crippen molar-refractivity contribution in [1.82, 2.24) is 0 Å². The Hall–Kier alpha value is -1.16. The molecule has 0 spiro atoms. The van der Waals surface area contributed by atoms with E-state index >= 15 is 0 Å². The first kappa shape index (κ1) is 17.2. The molecule has 1 fully saturated rings. The Morgan fingerprint density at radius 1 is 1.32 bits per heavy atom. The smallest absolute Gasteiger partial charge is 0.311 e. The molecule has 0 aromatic rings. The number of allylic oxidation sites excluding steroid dienone is 1. The highest BCUT2D eigenvalue weighted by Gasteiger charge is 2.57. The topological polar surface area (TPSA) is 74.6 Å². The molecule has 0 aromatic heterocycles. The van der Waals surface area contributed by atoms with Gasteiger partial charge in [-0.15, -0.1) is 0 Å². The first-order valence-corrected chi connectivity index (χ1v) is 8.28. The highest BCUT2D eigenvalue weighted by Crippen LogP contribution is 2.56. The number of carbonyl (C=O) groups is 2. The number of aliphatic hydroxyl groups is 1. The van der Waals surface area contributed by atoms with Crippen LogP contribution in [0.1, 0.15) is 47.0 Å². The molecule has 4 nitrogen and oxygen atoms in total. The van der Waals surface area contributed by atoms with Gasteiger partial charge >= 0.3 is 5.97 Å². The van der Waals surface area contributed by atoms with Gasteiger partial charge in [0.25, 0.3) is 0 Å². The zero-order valence-corrected chi connectivity index (χ0v) is 14.0. The van der Waals surface area contributed by atoms with Crippen LogP contribution in [0, 0.1) is 35.0 Å². The van der Waals surface area contributed by atoms with Gasteiger partial charge in [0.15, 0.2) is 0 Å². The molecule has 0 saturated heterocycles. The molecule has 2 aliphatic rings. The van der Waals surface area contributed by atoms with E-state index in [1.807, 2.05) is 13.8 Å². The molecule has 0 radical (unpaired) electrons. The summed E-state index contributed by atoms with van der Waals surface area (Å²) in [6.07, 6.45) is 4.19. The molecule has 1 saturated carbocycles. The standard InChI is InChI=1S/C18H28O4/c1-10-7-11(2)15-13(8-10)9-12(3)16(17(21)22)18(15,4)14(20)5-6-19/h9-11,13,15-16,19H,5-8H2,1-4H3,(H,21,22)/t10-,11-,13+,15+,16+,18+/m1/s1. The lowest BCUT2D eigenvalue weighted by atomic mass is 9.49. The first-order chi connectivity index (χ1) is 10.2. The minimum atomic E-state index is -0.924. The molecule has 2 rings (SSSR count). The van der Waals surface area contributed by atoms with Gasteiger partial charge in [0.2, 0.25) is 0 Å². The molecule has 0 unspecified atom stereocenters. The van der Waals surface area contributed by atoms with E-state index in [0.29, 0.717) is 11.8 Å². The third kappa shape index (κ3) is 2.62. The monoisotopic (exact) mass is 308 g/mol. The number of hydrogen-bond acceptors (Lipinski definition) is 3. The Kier molecular flexibility index (Phi) is 4.81. The van der Waals surface area contributed by atoms with E-state index in [1.54, 1.807) is 0 Å². The Balaban J connectivity index is 2.55. The zero-order chi connectivity index (χ0) is 16.7. The van der Waals surface area contributed by atoms with E-state index in [0.717, 1.165) is 18.4 Å². The fourth-order valence-corrected chi connectivity index (χ4v) is 5.39. The van der Waals surface area contributed by atoms with Crippen molar-refractivity contribution >= 4 is 11.8 Å². The van der Waals surface area contributed by atoms with Gasteiger partial charge < -0.3 is 10.2 Å². The zero-order valence-electron chi connectivity index (χ0n) is 14.0. The molecular weight excluding hydrogens is 280 g/mol. The second kappa shape index (κ2) is 6.15. The van der Waals surface area contributed by atoms with E-state index in [1.165, 1.54) is 0 Å². The van der Waals surface area contributed by atoms with Crippen LogP contribution in [-0.2, 0) is 9.59 Å². The van der Waals surface area contributed by atoms with Crippen molar-refractivity contribution < 1.29 is 19.8 Å². The van der Waals surface area contributed by atoms with Crippen molar-refractivity contribution in [3.05, 3.63) is 11.6 Å². The lowest BCUT2D eigenvalue weighted by Gasteiger charge is -2.53. The van der Waals surface area contributed by atoms with Crippen LogP contribution in [0.5, 0.6) is 0 Å². The molecule has 0 aliphatic heterocycles. The average molecular weight is 308 g/mol. The van der Waals surface area contributed by atoms with Crippen LogP contribution in [0.4, 0.5) is 0 Å². The molecule has 0 amide bonds. The summed E-state index contributed by atoms with van der Waals surface area (Å²) in [4.78, 5) is 24.7.